The summed E-state index contributed by atoms with van der Waals surface area (Å²) in [5.74, 6) is -2.69. The Morgan fingerprint density at radius 3 is 2.41 bits per heavy atom. The lowest BCUT2D eigenvalue weighted by molar-refractivity contribution is -0.125. The van der Waals surface area contributed by atoms with Gasteiger partial charge in [0.15, 0.2) is 0 Å². The van der Waals surface area contributed by atoms with Crippen molar-refractivity contribution in [1.29, 1.82) is 0 Å². The number of nitrogens with one attached hydrogen (secondary N) is 3. The molecule has 1 heterocycles. The average molecular weight is 553 g/mol. The topological polar surface area (TPSA) is 125 Å². The van der Waals surface area contributed by atoms with Crippen molar-refractivity contribution in [2.45, 2.75) is 44.9 Å². The Hall–Kier alpha value is -3.02. The van der Waals surface area contributed by atoms with Gasteiger partial charge in [-0.25, -0.2) is 9.11 Å². The van der Waals surface area contributed by atoms with Crippen LogP contribution in [0.5, 0.6) is 0 Å². The van der Waals surface area contributed by atoms with Crippen LogP contribution >= 0.6 is 11.6 Å². The van der Waals surface area contributed by atoms with E-state index < -0.39 is 39.2 Å². The largest absolute Gasteiger partial charge is 0.355 e. The predicted octanol–water partition coefficient (Wildman–Crippen LogP) is 3.32. The Morgan fingerprint density at radius 2 is 1.81 bits per heavy atom. The fourth-order valence-electron chi connectivity index (χ4n) is 4.30. The molecule has 1 aliphatic rings. The minimum atomic E-state index is -4.19. The van der Waals surface area contributed by atoms with Crippen molar-refractivity contribution < 1.29 is 27.2 Å². The summed E-state index contributed by atoms with van der Waals surface area (Å²) in [6.07, 6.45) is 0.514. The summed E-state index contributed by atoms with van der Waals surface area (Å²) >= 11 is 5.86. The van der Waals surface area contributed by atoms with Gasteiger partial charge in [0.2, 0.25) is 11.8 Å². The van der Waals surface area contributed by atoms with Crippen molar-refractivity contribution in [2.75, 3.05) is 25.5 Å². The van der Waals surface area contributed by atoms with Crippen LogP contribution in [0.1, 0.15) is 61.0 Å². The van der Waals surface area contributed by atoms with Gasteiger partial charge in [-0.3, -0.25) is 14.4 Å². The second-order valence-electron chi connectivity index (χ2n) is 9.22. The van der Waals surface area contributed by atoms with Crippen molar-refractivity contribution >= 4 is 45.2 Å². The lowest BCUT2D eigenvalue weighted by Crippen LogP contribution is -2.68. The number of halogens is 2. The van der Waals surface area contributed by atoms with Crippen molar-refractivity contribution in [3.8, 4) is 0 Å². The number of hydrogen-bond acceptors (Lipinski definition) is 5. The molecule has 9 nitrogen and oxygen atoms in total. The van der Waals surface area contributed by atoms with Crippen LogP contribution in [-0.2, 0) is 25.2 Å². The van der Waals surface area contributed by atoms with Crippen LogP contribution in [0.4, 0.5) is 10.1 Å². The third-order valence-corrected chi connectivity index (χ3v) is 7.98. The van der Waals surface area contributed by atoms with Crippen LogP contribution in [0.3, 0.4) is 0 Å². The van der Waals surface area contributed by atoms with E-state index in [1.54, 1.807) is 19.1 Å². The lowest BCUT2D eigenvalue weighted by Gasteiger charge is -2.48. The molecular formula is C25H30ClFN4O5S. The molecule has 3 N–H and O–H groups in total. The lowest BCUT2D eigenvalue weighted by atomic mass is 9.71. The summed E-state index contributed by atoms with van der Waals surface area (Å²) in [6.45, 7) is 5.12. The van der Waals surface area contributed by atoms with Crippen LogP contribution in [-0.4, -0.2) is 50.6 Å². The molecule has 1 aliphatic heterocycles. The van der Waals surface area contributed by atoms with E-state index in [4.69, 9.17) is 11.6 Å². The number of carbonyl (C=O) groups is 3. The van der Waals surface area contributed by atoms with Crippen LogP contribution in [0, 0.1) is 5.82 Å². The summed E-state index contributed by atoms with van der Waals surface area (Å²) in [7, 11) is -2.81. The van der Waals surface area contributed by atoms with Crippen LogP contribution in [0.25, 0.3) is 0 Å². The van der Waals surface area contributed by atoms with Gasteiger partial charge in [-0.05, 0) is 35.6 Å². The Labute approximate surface area is 220 Å². The molecule has 12 heteroatoms. The van der Waals surface area contributed by atoms with Gasteiger partial charge >= 0.3 is 10.2 Å². The second-order valence-corrected chi connectivity index (χ2v) is 11.3. The smallest absolute Gasteiger partial charge is 0.303 e. The van der Waals surface area contributed by atoms with Crippen LogP contribution < -0.4 is 15.4 Å². The van der Waals surface area contributed by atoms with Gasteiger partial charge < -0.3 is 10.6 Å². The molecule has 2 aromatic rings. The Kier molecular flexibility index (Phi) is 8.61. The molecule has 0 saturated carbocycles. The van der Waals surface area contributed by atoms with E-state index in [0.29, 0.717) is 12.0 Å². The average Bonchev–Trinajstić information content (AvgIpc) is 2.80. The third-order valence-electron chi connectivity index (χ3n) is 6.27. The van der Waals surface area contributed by atoms with E-state index in [1.807, 2.05) is 30.7 Å². The highest BCUT2D eigenvalue weighted by molar-refractivity contribution is 7.87. The normalized spacial score (nSPS) is 15.1. The molecular weight excluding hydrogens is 523 g/mol. The molecule has 2 aromatic carbocycles. The van der Waals surface area contributed by atoms with Gasteiger partial charge in [0, 0.05) is 26.6 Å². The molecule has 0 unspecified atom stereocenters. The van der Waals surface area contributed by atoms with Crippen molar-refractivity contribution in [1.82, 2.24) is 14.3 Å². The van der Waals surface area contributed by atoms with E-state index in [9.17, 15) is 27.2 Å². The molecule has 3 amide bonds. The minimum absolute atomic E-state index is 0.00481. The molecule has 0 radical (unpaired) electrons. The highest BCUT2D eigenvalue weighted by Crippen LogP contribution is 2.41. The van der Waals surface area contributed by atoms with Gasteiger partial charge in [0.25, 0.3) is 5.91 Å². The first kappa shape index (κ1) is 28.5. The fraction of sp³-hybridized carbons (Fsp3) is 0.400. The maximum absolute atomic E-state index is 14.3. The second kappa shape index (κ2) is 11.2. The fourth-order valence-corrected chi connectivity index (χ4v) is 5.76. The molecule has 200 valence electrons. The molecule has 0 bridgehead atoms. The number of rotatable bonds is 9. The maximum atomic E-state index is 14.3. The van der Waals surface area contributed by atoms with Crippen molar-refractivity contribution in [3.05, 3.63) is 63.9 Å². The quantitative estimate of drug-likeness (QED) is 0.440. The van der Waals surface area contributed by atoms with Gasteiger partial charge in [-0.1, -0.05) is 56.6 Å². The van der Waals surface area contributed by atoms with E-state index in [-0.39, 0.29) is 41.7 Å². The summed E-state index contributed by atoms with van der Waals surface area (Å²) in [5.41, 5.74) is -0.0851. The van der Waals surface area contributed by atoms with Crippen LogP contribution in [0.15, 0.2) is 36.4 Å². The maximum Gasteiger partial charge on any atom is 0.303 e. The molecule has 1 fully saturated rings. The van der Waals surface area contributed by atoms with Gasteiger partial charge in [0.1, 0.15) is 11.2 Å². The molecule has 0 spiro atoms. The zero-order chi connectivity index (χ0) is 27.5. The summed E-state index contributed by atoms with van der Waals surface area (Å²) < 4.78 is 43.0. The molecule has 0 aromatic heterocycles. The summed E-state index contributed by atoms with van der Waals surface area (Å²) in [4.78, 5) is 38.2. The van der Waals surface area contributed by atoms with E-state index in [1.165, 1.54) is 7.05 Å². The Balaban J connectivity index is 2.04. The molecule has 0 aliphatic carbocycles. The highest BCUT2D eigenvalue weighted by atomic mass is 35.5. The van der Waals surface area contributed by atoms with Gasteiger partial charge in [0.05, 0.1) is 16.3 Å². The predicted molar refractivity (Wildman–Crippen MR) is 139 cm³/mol. The van der Waals surface area contributed by atoms with Gasteiger partial charge in [-0.2, -0.15) is 12.7 Å². The van der Waals surface area contributed by atoms with Crippen LogP contribution in [0.2, 0.25) is 5.02 Å². The number of amides is 3. The summed E-state index contributed by atoms with van der Waals surface area (Å²) in [5, 5.41) is 4.76. The molecule has 37 heavy (non-hydrogen) atoms. The molecule has 3 rings (SSSR count). The standard InChI is InChI=1S/C25H30ClFN4O5S/c1-5-8-22(32)30-37(35,36)31-13-25(14-31,18-10-7-6-9-16(18)15(2)3)24(34)29-21-12-20(27)19(26)11-17(21)23(33)28-4/h6-7,9-12,15H,5,8,13-14H2,1-4H3,(H,28,33)(H,29,34)(H,30,32). The molecule has 0 atom stereocenters. The zero-order valence-corrected chi connectivity index (χ0v) is 22.6. The number of carbonyl (C=O) groups excluding carboxylic acids is 3. The SMILES string of the molecule is CCCC(=O)NS(=O)(=O)N1CC(C(=O)Nc2cc(F)c(Cl)cc2C(=O)NC)(c2ccccc2C(C)C)C1. The number of anilines is 1. The van der Waals surface area contributed by atoms with E-state index >= 15 is 0 Å². The Bertz CT molecular complexity index is 1330. The molecule has 1 saturated heterocycles. The highest BCUT2D eigenvalue weighted by Gasteiger charge is 2.55. The summed E-state index contributed by atoms with van der Waals surface area (Å²) in [6, 6.07) is 9.23. The van der Waals surface area contributed by atoms with Gasteiger partial charge in [-0.15, -0.1) is 0 Å². The van der Waals surface area contributed by atoms with E-state index in [2.05, 4.69) is 10.6 Å². The Morgan fingerprint density at radius 1 is 1.16 bits per heavy atom. The monoisotopic (exact) mass is 552 g/mol. The first-order valence-corrected chi connectivity index (χ1v) is 13.6. The number of nitrogens with zero attached hydrogens (tertiary/aromatic N) is 1. The van der Waals surface area contributed by atoms with Crippen molar-refractivity contribution in [3.63, 3.8) is 0 Å². The number of hydrogen-bond donors (Lipinski definition) is 3. The first-order valence-electron chi connectivity index (χ1n) is 11.8. The third kappa shape index (κ3) is 5.78. The first-order chi connectivity index (χ1) is 17.4. The van der Waals surface area contributed by atoms with E-state index in [0.717, 1.165) is 22.0 Å². The zero-order valence-electron chi connectivity index (χ0n) is 21.0. The van der Waals surface area contributed by atoms with Crippen molar-refractivity contribution in [2.24, 2.45) is 0 Å². The minimum Gasteiger partial charge on any atom is -0.355 e. The number of benzene rings is 2.